The monoisotopic (exact) mass is 266 g/mol. The first-order chi connectivity index (χ1) is 9.05. The van der Waals surface area contributed by atoms with Crippen LogP contribution in [0.1, 0.15) is 65.2 Å². The fraction of sp³-hybridized carbons (Fsp3) is 1.00. The van der Waals surface area contributed by atoms with Gasteiger partial charge in [-0.15, -0.1) is 0 Å². The van der Waals surface area contributed by atoms with Crippen LogP contribution in [0.4, 0.5) is 0 Å². The highest BCUT2D eigenvalue weighted by atomic mass is 16.3. The maximum atomic E-state index is 10.3. The van der Waals surface area contributed by atoms with Gasteiger partial charge in [-0.25, -0.2) is 0 Å². The minimum Gasteiger partial charge on any atom is -0.393 e. The van der Waals surface area contributed by atoms with Gasteiger partial charge < -0.3 is 10.2 Å². The third-order valence-corrected chi connectivity index (χ3v) is 6.54. The van der Waals surface area contributed by atoms with Crippen molar-refractivity contribution in [2.24, 2.45) is 29.1 Å². The van der Waals surface area contributed by atoms with Crippen molar-refractivity contribution in [2.45, 2.75) is 77.4 Å². The molecule has 2 bridgehead atoms. The fourth-order valence-corrected chi connectivity index (χ4v) is 6.00. The van der Waals surface area contributed by atoms with Crippen molar-refractivity contribution < 1.29 is 10.2 Å². The number of fused-ring (bicyclic) bond motifs is 5. The van der Waals surface area contributed by atoms with Gasteiger partial charge in [0.15, 0.2) is 0 Å². The van der Waals surface area contributed by atoms with E-state index in [-0.39, 0.29) is 12.2 Å². The molecule has 0 aromatic rings. The van der Waals surface area contributed by atoms with Crippen LogP contribution in [0, 0.1) is 29.1 Å². The van der Waals surface area contributed by atoms with Crippen LogP contribution in [0.15, 0.2) is 0 Å². The molecule has 3 rings (SSSR count). The van der Waals surface area contributed by atoms with Crippen LogP contribution < -0.4 is 0 Å². The zero-order valence-corrected chi connectivity index (χ0v) is 12.5. The number of aliphatic hydroxyl groups excluding tert-OH is 2. The Morgan fingerprint density at radius 1 is 1.32 bits per heavy atom. The fourth-order valence-electron chi connectivity index (χ4n) is 6.00. The smallest absolute Gasteiger partial charge is 0.0573 e. The minimum atomic E-state index is -0.110. The number of hydrogen-bond donors (Lipinski definition) is 2. The second-order valence-corrected chi connectivity index (χ2v) is 7.85. The Morgan fingerprint density at radius 3 is 2.84 bits per heavy atom. The molecule has 0 aromatic carbocycles. The average Bonchev–Trinajstić information content (AvgIpc) is 2.84. The second-order valence-electron chi connectivity index (χ2n) is 7.85. The number of hydrogen-bond acceptors (Lipinski definition) is 2. The topological polar surface area (TPSA) is 40.5 Å². The van der Waals surface area contributed by atoms with Crippen molar-refractivity contribution in [3.63, 3.8) is 0 Å². The van der Waals surface area contributed by atoms with Gasteiger partial charge in [0, 0.05) is 0 Å². The molecule has 7 atom stereocenters. The average molecular weight is 266 g/mol. The molecule has 0 heterocycles. The zero-order valence-electron chi connectivity index (χ0n) is 12.5. The molecule has 0 aliphatic heterocycles. The molecule has 3 saturated carbocycles. The van der Waals surface area contributed by atoms with Gasteiger partial charge in [0.05, 0.1) is 12.2 Å². The first-order valence-corrected chi connectivity index (χ1v) is 8.41. The summed E-state index contributed by atoms with van der Waals surface area (Å²) in [5.74, 6) is 2.85. The molecule has 3 fully saturated rings. The van der Waals surface area contributed by atoms with Crippen molar-refractivity contribution in [2.75, 3.05) is 0 Å². The van der Waals surface area contributed by atoms with Crippen LogP contribution in [-0.2, 0) is 0 Å². The van der Waals surface area contributed by atoms with Crippen LogP contribution in [-0.4, -0.2) is 22.4 Å². The lowest BCUT2D eigenvalue weighted by Gasteiger charge is -2.47. The molecule has 3 aliphatic rings. The quantitative estimate of drug-likeness (QED) is 0.819. The molecule has 110 valence electrons. The molecule has 2 heteroatoms. The van der Waals surface area contributed by atoms with E-state index in [1.807, 2.05) is 0 Å². The van der Waals surface area contributed by atoms with Crippen LogP contribution in [0.25, 0.3) is 0 Å². The van der Waals surface area contributed by atoms with E-state index >= 15 is 0 Å². The first-order valence-electron chi connectivity index (χ1n) is 8.41. The van der Waals surface area contributed by atoms with Crippen molar-refractivity contribution in [3.8, 4) is 0 Å². The van der Waals surface area contributed by atoms with Crippen molar-refractivity contribution >= 4 is 0 Å². The molecule has 0 saturated heterocycles. The van der Waals surface area contributed by atoms with Crippen molar-refractivity contribution in [3.05, 3.63) is 0 Å². The number of aliphatic hydroxyl groups is 2. The Labute approximate surface area is 117 Å². The summed E-state index contributed by atoms with van der Waals surface area (Å²) in [6.07, 6.45) is 9.00. The second kappa shape index (κ2) is 5.04. The lowest BCUT2D eigenvalue weighted by atomic mass is 9.59. The van der Waals surface area contributed by atoms with E-state index in [9.17, 15) is 10.2 Å². The van der Waals surface area contributed by atoms with Gasteiger partial charge in [0.25, 0.3) is 0 Å². The van der Waals surface area contributed by atoms with E-state index in [4.69, 9.17) is 0 Å². The largest absolute Gasteiger partial charge is 0.393 e. The molecule has 0 aromatic heterocycles. The highest BCUT2D eigenvalue weighted by molar-refractivity contribution is 5.09. The molecule has 19 heavy (non-hydrogen) atoms. The minimum absolute atomic E-state index is 0.0288. The maximum Gasteiger partial charge on any atom is 0.0573 e. The molecule has 3 aliphatic carbocycles. The predicted molar refractivity (Wildman–Crippen MR) is 76.7 cm³/mol. The Hall–Kier alpha value is -0.0800. The summed E-state index contributed by atoms with van der Waals surface area (Å²) in [5.41, 5.74) is 0.345. The molecular formula is C17H30O2. The van der Waals surface area contributed by atoms with E-state index in [1.165, 1.54) is 25.7 Å². The molecule has 0 radical (unpaired) electrons. The summed E-state index contributed by atoms with van der Waals surface area (Å²) in [4.78, 5) is 0. The van der Waals surface area contributed by atoms with Crippen LogP contribution in [0.3, 0.4) is 0 Å². The summed E-state index contributed by atoms with van der Waals surface area (Å²) < 4.78 is 0. The van der Waals surface area contributed by atoms with E-state index < -0.39 is 0 Å². The summed E-state index contributed by atoms with van der Waals surface area (Å²) in [6, 6.07) is 0. The van der Waals surface area contributed by atoms with Crippen LogP contribution in [0.2, 0.25) is 0 Å². The highest BCUT2D eigenvalue weighted by Gasteiger charge is 2.59. The van der Waals surface area contributed by atoms with Gasteiger partial charge in [-0.3, -0.25) is 0 Å². The molecule has 0 spiro atoms. The zero-order chi connectivity index (χ0) is 13.6. The normalized spacial score (nSPS) is 50.2. The van der Waals surface area contributed by atoms with Gasteiger partial charge in [0.1, 0.15) is 0 Å². The maximum absolute atomic E-state index is 10.3. The van der Waals surface area contributed by atoms with Crippen molar-refractivity contribution in [1.82, 2.24) is 0 Å². The molecular weight excluding hydrogens is 236 g/mol. The summed E-state index contributed by atoms with van der Waals surface area (Å²) in [5, 5.41) is 20.5. The predicted octanol–water partition coefficient (Wildman–Crippen LogP) is 3.36. The van der Waals surface area contributed by atoms with Gasteiger partial charge in [-0.2, -0.15) is 0 Å². The first kappa shape index (κ1) is 13.9. The Bertz CT molecular complexity index is 329. The standard InChI is InChI=1S/C17H30O2/c1-3-5-12(18)10-17(2)9-11-8-14(17)13-6-4-7-15(19)16(11)13/h11-16,18-19H,3-10H2,1-2H3. The Morgan fingerprint density at radius 2 is 2.11 bits per heavy atom. The Balaban J connectivity index is 1.71. The molecule has 0 amide bonds. The van der Waals surface area contributed by atoms with E-state index in [2.05, 4.69) is 13.8 Å². The number of rotatable bonds is 4. The SMILES string of the molecule is CCCC(O)CC1(C)CC2CC1C1CCCC(O)C21. The van der Waals surface area contributed by atoms with E-state index in [0.29, 0.717) is 11.3 Å². The van der Waals surface area contributed by atoms with Crippen molar-refractivity contribution in [1.29, 1.82) is 0 Å². The molecule has 2 nitrogen and oxygen atoms in total. The van der Waals surface area contributed by atoms with Crippen LogP contribution in [0.5, 0.6) is 0 Å². The van der Waals surface area contributed by atoms with Gasteiger partial charge in [-0.1, -0.05) is 26.7 Å². The summed E-state index contributed by atoms with van der Waals surface area (Å²) >= 11 is 0. The summed E-state index contributed by atoms with van der Waals surface area (Å²) in [6.45, 7) is 4.56. The summed E-state index contributed by atoms with van der Waals surface area (Å²) in [7, 11) is 0. The van der Waals surface area contributed by atoms with Crippen LogP contribution >= 0.6 is 0 Å². The lowest BCUT2D eigenvalue weighted by Crippen LogP contribution is -2.43. The highest BCUT2D eigenvalue weighted by Crippen LogP contribution is 2.65. The van der Waals surface area contributed by atoms with E-state index in [1.54, 1.807) is 0 Å². The van der Waals surface area contributed by atoms with Gasteiger partial charge in [0.2, 0.25) is 0 Å². The Kier molecular flexibility index (Phi) is 3.68. The van der Waals surface area contributed by atoms with E-state index in [0.717, 1.165) is 43.4 Å². The lowest BCUT2D eigenvalue weighted by molar-refractivity contribution is -0.0461. The molecule has 2 N–H and O–H groups in total. The third kappa shape index (κ3) is 2.25. The van der Waals surface area contributed by atoms with Gasteiger partial charge in [-0.05, 0) is 67.6 Å². The molecule has 7 unspecified atom stereocenters. The van der Waals surface area contributed by atoms with Gasteiger partial charge >= 0.3 is 0 Å². The third-order valence-electron chi connectivity index (χ3n) is 6.54.